The second-order valence-electron chi connectivity index (χ2n) is 5.95. The Morgan fingerprint density at radius 2 is 1.95 bits per heavy atom. The molecule has 0 spiro atoms. The Kier molecular flexibility index (Phi) is 8.46. The van der Waals surface area contributed by atoms with Crippen LogP contribution < -0.4 is 11.1 Å². The summed E-state index contributed by atoms with van der Waals surface area (Å²) in [5.74, 6) is 0.0173. The SMILES string of the molecule is CC1CCCCN1Cc1ccc(CNC(=O)CCN)cc1.Cl. The normalized spacial score (nSPS) is 18.5. The van der Waals surface area contributed by atoms with E-state index in [1.54, 1.807) is 0 Å². The van der Waals surface area contributed by atoms with Crippen LogP contribution in [-0.2, 0) is 17.9 Å². The fraction of sp³-hybridized carbons (Fsp3) is 0.588. The fourth-order valence-electron chi connectivity index (χ4n) is 2.81. The molecule has 3 N–H and O–H groups in total. The minimum absolute atomic E-state index is 0. The largest absolute Gasteiger partial charge is 0.352 e. The molecule has 1 saturated heterocycles. The highest BCUT2D eigenvalue weighted by Gasteiger charge is 2.17. The Balaban J connectivity index is 0.00000242. The van der Waals surface area contributed by atoms with Crippen molar-refractivity contribution in [1.29, 1.82) is 0 Å². The molecule has 0 aromatic heterocycles. The number of nitrogens with two attached hydrogens (primary N) is 1. The van der Waals surface area contributed by atoms with E-state index < -0.39 is 0 Å². The third-order valence-corrected chi connectivity index (χ3v) is 4.21. The quantitative estimate of drug-likeness (QED) is 0.844. The summed E-state index contributed by atoms with van der Waals surface area (Å²) in [6.45, 7) is 5.54. The van der Waals surface area contributed by atoms with Gasteiger partial charge in [-0.05, 0) is 37.4 Å². The first kappa shape index (κ1) is 18.9. The van der Waals surface area contributed by atoms with Crippen LogP contribution in [0, 0.1) is 0 Å². The van der Waals surface area contributed by atoms with Crippen LogP contribution in [0.2, 0.25) is 0 Å². The van der Waals surface area contributed by atoms with E-state index in [1.165, 1.54) is 31.4 Å². The zero-order chi connectivity index (χ0) is 15.1. The van der Waals surface area contributed by atoms with Crippen LogP contribution in [0.3, 0.4) is 0 Å². The highest BCUT2D eigenvalue weighted by Crippen LogP contribution is 2.19. The third-order valence-electron chi connectivity index (χ3n) is 4.21. The van der Waals surface area contributed by atoms with Gasteiger partial charge in [0.05, 0.1) is 0 Å². The molecule has 0 bridgehead atoms. The van der Waals surface area contributed by atoms with Gasteiger partial charge in [0.15, 0.2) is 0 Å². The summed E-state index contributed by atoms with van der Waals surface area (Å²) in [5, 5.41) is 2.88. The molecule has 1 heterocycles. The van der Waals surface area contributed by atoms with Gasteiger partial charge in [0.2, 0.25) is 5.91 Å². The van der Waals surface area contributed by atoms with Crippen LogP contribution in [0.15, 0.2) is 24.3 Å². The molecular weight excluding hydrogens is 298 g/mol. The number of carbonyl (C=O) groups is 1. The van der Waals surface area contributed by atoms with Crippen molar-refractivity contribution in [3.63, 3.8) is 0 Å². The van der Waals surface area contributed by atoms with E-state index in [0.29, 0.717) is 25.6 Å². The number of benzene rings is 1. The summed E-state index contributed by atoms with van der Waals surface area (Å²) in [4.78, 5) is 13.9. The van der Waals surface area contributed by atoms with E-state index in [9.17, 15) is 4.79 Å². The molecule has 1 fully saturated rings. The van der Waals surface area contributed by atoms with Gasteiger partial charge in [-0.3, -0.25) is 9.69 Å². The van der Waals surface area contributed by atoms with Crippen LogP contribution in [0.25, 0.3) is 0 Å². The number of hydrogen-bond donors (Lipinski definition) is 2. The number of nitrogens with one attached hydrogen (secondary N) is 1. The number of carbonyl (C=O) groups excluding carboxylic acids is 1. The van der Waals surface area contributed by atoms with Crippen LogP contribution in [0.5, 0.6) is 0 Å². The Labute approximate surface area is 139 Å². The molecule has 124 valence electrons. The van der Waals surface area contributed by atoms with Crippen molar-refractivity contribution >= 4 is 18.3 Å². The second kappa shape index (κ2) is 9.82. The number of nitrogens with zero attached hydrogens (tertiary/aromatic N) is 1. The monoisotopic (exact) mass is 325 g/mol. The van der Waals surface area contributed by atoms with Gasteiger partial charge in [-0.15, -0.1) is 12.4 Å². The van der Waals surface area contributed by atoms with Gasteiger partial charge in [-0.25, -0.2) is 0 Å². The summed E-state index contributed by atoms with van der Waals surface area (Å²) < 4.78 is 0. The van der Waals surface area contributed by atoms with Crippen molar-refractivity contribution in [2.45, 2.75) is 51.7 Å². The molecule has 4 nitrogen and oxygen atoms in total. The molecule has 1 aliphatic rings. The summed E-state index contributed by atoms with van der Waals surface area (Å²) in [6.07, 6.45) is 4.38. The topological polar surface area (TPSA) is 58.4 Å². The molecule has 0 aliphatic carbocycles. The van der Waals surface area contributed by atoms with Crippen molar-refractivity contribution in [3.8, 4) is 0 Å². The first-order valence-electron chi connectivity index (χ1n) is 7.97. The summed E-state index contributed by atoms with van der Waals surface area (Å²) in [5.41, 5.74) is 7.84. The summed E-state index contributed by atoms with van der Waals surface area (Å²) in [7, 11) is 0. The van der Waals surface area contributed by atoms with Gasteiger partial charge in [0.25, 0.3) is 0 Å². The van der Waals surface area contributed by atoms with Gasteiger partial charge in [-0.2, -0.15) is 0 Å². The number of rotatable bonds is 6. The number of amides is 1. The molecular formula is C17H28ClN3O. The maximum atomic E-state index is 11.4. The maximum absolute atomic E-state index is 11.4. The summed E-state index contributed by atoms with van der Waals surface area (Å²) >= 11 is 0. The molecule has 1 aromatic carbocycles. The molecule has 0 saturated carbocycles. The lowest BCUT2D eigenvalue weighted by Crippen LogP contribution is -2.36. The van der Waals surface area contributed by atoms with Crippen molar-refractivity contribution < 1.29 is 4.79 Å². The minimum atomic E-state index is 0. The molecule has 1 atom stereocenters. The number of piperidine rings is 1. The predicted octanol–water partition coefficient (Wildman–Crippen LogP) is 2.45. The van der Waals surface area contributed by atoms with Crippen molar-refractivity contribution in [1.82, 2.24) is 10.2 Å². The van der Waals surface area contributed by atoms with Crippen molar-refractivity contribution in [3.05, 3.63) is 35.4 Å². The van der Waals surface area contributed by atoms with Gasteiger partial charge >= 0.3 is 0 Å². The average molecular weight is 326 g/mol. The Hall–Kier alpha value is -1.10. The first-order chi connectivity index (χ1) is 10.2. The van der Waals surface area contributed by atoms with E-state index >= 15 is 0 Å². The smallest absolute Gasteiger partial charge is 0.221 e. The Morgan fingerprint density at radius 1 is 1.27 bits per heavy atom. The van der Waals surface area contributed by atoms with Crippen molar-refractivity contribution in [2.24, 2.45) is 5.73 Å². The lowest BCUT2D eigenvalue weighted by molar-refractivity contribution is -0.121. The van der Waals surface area contributed by atoms with E-state index in [-0.39, 0.29) is 18.3 Å². The number of halogens is 1. The lowest BCUT2D eigenvalue weighted by Gasteiger charge is -2.33. The van der Waals surface area contributed by atoms with Crippen LogP contribution in [-0.4, -0.2) is 29.9 Å². The maximum Gasteiger partial charge on any atom is 0.221 e. The molecule has 1 aromatic rings. The van der Waals surface area contributed by atoms with E-state index in [0.717, 1.165) is 12.1 Å². The first-order valence-corrected chi connectivity index (χ1v) is 7.97. The molecule has 1 unspecified atom stereocenters. The number of likely N-dealkylation sites (tertiary alicyclic amines) is 1. The molecule has 2 rings (SSSR count). The van der Waals surface area contributed by atoms with E-state index in [2.05, 4.69) is 41.4 Å². The van der Waals surface area contributed by atoms with E-state index in [4.69, 9.17) is 5.73 Å². The van der Waals surface area contributed by atoms with Crippen LogP contribution in [0.4, 0.5) is 0 Å². The predicted molar refractivity (Wildman–Crippen MR) is 92.9 cm³/mol. The van der Waals surface area contributed by atoms with Gasteiger partial charge in [0, 0.05) is 32.1 Å². The highest BCUT2D eigenvalue weighted by molar-refractivity contribution is 5.85. The number of hydrogen-bond acceptors (Lipinski definition) is 3. The Bertz CT molecular complexity index is 450. The summed E-state index contributed by atoms with van der Waals surface area (Å²) in [6, 6.07) is 9.24. The Morgan fingerprint density at radius 3 is 2.59 bits per heavy atom. The zero-order valence-corrected chi connectivity index (χ0v) is 14.2. The van der Waals surface area contributed by atoms with Crippen LogP contribution in [0.1, 0.15) is 43.7 Å². The van der Waals surface area contributed by atoms with Gasteiger partial charge in [0.1, 0.15) is 0 Å². The second-order valence-corrected chi connectivity index (χ2v) is 5.95. The van der Waals surface area contributed by atoms with Crippen LogP contribution >= 0.6 is 12.4 Å². The molecule has 5 heteroatoms. The van der Waals surface area contributed by atoms with E-state index in [1.807, 2.05) is 0 Å². The third kappa shape index (κ3) is 5.95. The fourth-order valence-corrected chi connectivity index (χ4v) is 2.81. The molecule has 0 radical (unpaired) electrons. The highest BCUT2D eigenvalue weighted by atomic mass is 35.5. The molecule has 22 heavy (non-hydrogen) atoms. The van der Waals surface area contributed by atoms with Gasteiger partial charge < -0.3 is 11.1 Å². The van der Waals surface area contributed by atoms with Crippen molar-refractivity contribution in [2.75, 3.05) is 13.1 Å². The molecule has 1 amide bonds. The lowest BCUT2D eigenvalue weighted by atomic mass is 10.0. The standard InChI is InChI=1S/C17H27N3O.ClH/c1-14-4-2-3-11-20(14)13-16-7-5-15(6-8-16)12-19-17(21)9-10-18;/h5-8,14H,2-4,9-13,18H2,1H3,(H,19,21);1H. The molecule has 1 aliphatic heterocycles. The zero-order valence-electron chi connectivity index (χ0n) is 13.4. The average Bonchev–Trinajstić information content (AvgIpc) is 2.49. The van der Waals surface area contributed by atoms with Gasteiger partial charge in [-0.1, -0.05) is 30.7 Å². The minimum Gasteiger partial charge on any atom is -0.352 e.